The lowest BCUT2D eigenvalue weighted by Gasteiger charge is -2.01. The van der Waals surface area contributed by atoms with Crippen molar-refractivity contribution in [3.63, 3.8) is 0 Å². The first-order valence-corrected chi connectivity index (χ1v) is 9.88. The second-order valence-electron chi connectivity index (χ2n) is 6.23. The summed E-state index contributed by atoms with van der Waals surface area (Å²) in [5.41, 5.74) is 3.60. The minimum Gasteiger partial charge on any atom is -0.223 e. The van der Waals surface area contributed by atoms with Crippen LogP contribution in [0.5, 0.6) is 0 Å². The Hall–Kier alpha value is -1.87. The Morgan fingerprint density at radius 1 is 1.00 bits per heavy atom. The molecule has 24 heavy (non-hydrogen) atoms. The molecule has 0 radical (unpaired) electrons. The lowest BCUT2D eigenvalue weighted by molar-refractivity contribution is 0.599. The van der Waals surface area contributed by atoms with Gasteiger partial charge >= 0.3 is 0 Å². The van der Waals surface area contributed by atoms with E-state index in [1.807, 2.05) is 25.1 Å². The van der Waals surface area contributed by atoms with Crippen molar-refractivity contribution in [2.24, 2.45) is 0 Å². The van der Waals surface area contributed by atoms with Crippen molar-refractivity contribution in [1.82, 2.24) is 0 Å². The molecule has 0 unspecified atom stereocenters. The van der Waals surface area contributed by atoms with E-state index in [1.165, 1.54) is 11.1 Å². The minimum atomic E-state index is -3.25. The zero-order valence-corrected chi connectivity index (χ0v) is 15.9. The summed E-state index contributed by atoms with van der Waals surface area (Å²) in [4.78, 5) is 0.369. The van der Waals surface area contributed by atoms with Gasteiger partial charge in [0.1, 0.15) is 0 Å². The highest BCUT2D eigenvalue weighted by atomic mass is 32.2. The van der Waals surface area contributed by atoms with Gasteiger partial charge in [0.05, 0.1) is 10.6 Å². The molecule has 1 rings (SSSR count). The highest BCUT2D eigenvalue weighted by molar-refractivity contribution is 7.91. The summed E-state index contributed by atoms with van der Waals surface area (Å²) in [6, 6.07) is 8.56. The normalized spacial score (nSPS) is 13.3. The Labute approximate surface area is 147 Å². The fourth-order valence-corrected chi connectivity index (χ4v) is 3.32. The highest BCUT2D eigenvalue weighted by Gasteiger charge is 2.11. The molecule has 130 valence electrons. The van der Waals surface area contributed by atoms with Crippen LogP contribution in [0.1, 0.15) is 40.5 Å². The first kappa shape index (κ1) is 20.2. The molecule has 0 heterocycles. The number of benzene rings is 1. The predicted octanol–water partition coefficient (Wildman–Crippen LogP) is 5.66. The van der Waals surface area contributed by atoms with Crippen LogP contribution in [0.15, 0.2) is 82.3 Å². The second-order valence-corrected chi connectivity index (χ2v) is 8.27. The lowest BCUT2D eigenvalue weighted by Crippen LogP contribution is -2.04. The van der Waals surface area contributed by atoms with E-state index < -0.39 is 9.84 Å². The van der Waals surface area contributed by atoms with E-state index in [1.54, 1.807) is 30.3 Å². The van der Waals surface area contributed by atoms with Crippen LogP contribution in [0.3, 0.4) is 0 Å². The molecule has 0 N–H and O–H groups in total. The molecule has 0 bridgehead atoms. The Balaban J connectivity index is 2.59. The topological polar surface area (TPSA) is 34.1 Å². The van der Waals surface area contributed by atoms with Gasteiger partial charge in [-0.05, 0) is 52.7 Å². The van der Waals surface area contributed by atoms with E-state index in [0.29, 0.717) is 4.90 Å². The van der Waals surface area contributed by atoms with Crippen molar-refractivity contribution in [1.29, 1.82) is 0 Å². The largest absolute Gasteiger partial charge is 0.223 e. The van der Waals surface area contributed by atoms with E-state index in [-0.39, 0.29) is 5.75 Å². The van der Waals surface area contributed by atoms with E-state index in [9.17, 15) is 8.42 Å². The molecule has 2 nitrogen and oxygen atoms in total. The number of allylic oxidation sites excluding steroid dienone is 7. The van der Waals surface area contributed by atoms with Gasteiger partial charge in [0.15, 0.2) is 9.84 Å². The van der Waals surface area contributed by atoms with E-state index in [4.69, 9.17) is 0 Å². The average Bonchev–Trinajstić information content (AvgIpc) is 2.53. The molecule has 1 aromatic rings. The van der Waals surface area contributed by atoms with Crippen LogP contribution in [-0.4, -0.2) is 14.2 Å². The van der Waals surface area contributed by atoms with Crippen LogP contribution in [0, 0.1) is 0 Å². The molecule has 0 aromatic heterocycles. The van der Waals surface area contributed by atoms with Gasteiger partial charge in [-0.3, -0.25) is 0 Å². The molecule has 0 aliphatic heterocycles. The molecule has 0 spiro atoms. The van der Waals surface area contributed by atoms with Crippen molar-refractivity contribution in [2.75, 3.05) is 5.75 Å². The molecule has 0 amide bonds. The Morgan fingerprint density at radius 2 is 1.67 bits per heavy atom. The molecule has 0 atom stereocenters. The SMILES string of the molecule is CC(C)=CCCC(C)=CC=CC(C)=CCS(=O)(=O)c1ccccc1. The third kappa shape index (κ3) is 8.11. The standard InChI is InChI=1S/C21H28O2S/c1-18(2)10-8-11-19(3)12-9-13-20(4)16-17-24(22,23)21-14-6-5-7-15-21/h5-7,9-10,12-16H,8,11,17H2,1-4H3. The van der Waals surface area contributed by atoms with Gasteiger partial charge in [0.25, 0.3) is 0 Å². The fourth-order valence-electron chi connectivity index (χ4n) is 2.07. The molecular weight excluding hydrogens is 316 g/mol. The number of hydrogen-bond donors (Lipinski definition) is 0. The van der Waals surface area contributed by atoms with E-state index >= 15 is 0 Å². The van der Waals surface area contributed by atoms with Gasteiger partial charge < -0.3 is 0 Å². The monoisotopic (exact) mass is 344 g/mol. The van der Waals surface area contributed by atoms with Crippen LogP contribution < -0.4 is 0 Å². The Bertz CT molecular complexity index is 729. The summed E-state index contributed by atoms with van der Waals surface area (Å²) in [6.07, 6.45) is 12.1. The first-order valence-electron chi connectivity index (χ1n) is 8.23. The number of sulfone groups is 1. The van der Waals surface area contributed by atoms with Crippen molar-refractivity contribution in [3.8, 4) is 0 Å². The number of hydrogen-bond acceptors (Lipinski definition) is 2. The van der Waals surface area contributed by atoms with Gasteiger partial charge in [-0.25, -0.2) is 8.42 Å². The van der Waals surface area contributed by atoms with Gasteiger partial charge in [0, 0.05) is 0 Å². The third-order valence-corrected chi connectivity index (χ3v) is 5.15. The summed E-state index contributed by atoms with van der Waals surface area (Å²) >= 11 is 0. The van der Waals surface area contributed by atoms with Crippen molar-refractivity contribution < 1.29 is 8.42 Å². The first-order chi connectivity index (χ1) is 11.3. The number of rotatable bonds is 8. The Kier molecular flexibility index (Phi) is 8.48. The summed E-state index contributed by atoms with van der Waals surface area (Å²) in [5, 5.41) is 0. The summed E-state index contributed by atoms with van der Waals surface area (Å²) in [7, 11) is -3.25. The van der Waals surface area contributed by atoms with Crippen molar-refractivity contribution in [3.05, 3.63) is 77.4 Å². The molecule has 0 fully saturated rings. The lowest BCUT2D eigenvalue weighted by atomic mass is 10.1. The molecular formula is C21H28O2S. The predicted molar refractivity (Wildman–Crippen MR) is 104 cm³/mol. The van der Waals surface area contributed by atoms with Crippen LogP contribution in [0.25, 0.3) is 0 Å². The average molecular weight is 345 g/mol. The molecule has 1 aromatic carbocycles. The van der Waals surface area contributed by atoms with Gasteiger partial charge in [0.2, 0.25) is 0 Å². The maximum absolute atomic E-state index is 12.2. The van der Waals surface area contributed by atoms with E-state index in [2.05, 4.69) is 32.9 Å². The second kappa shape index (κ2) is 10.1. The maximum atomic E-state index is 12.2. The molecule has 0 aliphatic carbocycles. The van der Waals surface area contributed by atoms with Gasteiger partial charge in [-0.2, -0.15) is 0 Å². The highest BCUT2D eigenvalue weighted by Crippen LogP contribution is 2.11. The molecule has 0 aliphatic rings. The van der Waals surface area contributed by atoms with Gasteiger partial charge in [-0.15, -0.1) is 0 Å². The smallest absolute Gasteiger partial charge is 0.181 e. The molecule has 3 heteroatoms. The Morgan fingerprint density at radius 3 is 2.29 bits per heavy atom. The summed E-state index contributed by atoms with van der Waals surface area (Å²) in [6.45, 7) is 8.25. The fraction of sp³-hybridized carbons (Fsp3) is 0.333. The zero-order valence-electron chi connectivity index (χ0n) is 15.1. The van der Waals surface area contributed by atoms with Crippen LogP contribution >= 0.6 is 0 Å². The maximum Gasteiger partial charge on any atom is 0.181 e. The summed E-state index contributed by atoms with van der Waals surface area (Å²) < 4.78 is 24.4. The van der Waals surface area contributed by atoms with Crippen LogP contribution in [-0.2, 0) is 9.84 Å². The quantitative estimate of drug-likeness (QED) is 0.451. The minimum absolute atomic E-state index is 0.0243. The summed E-state index contributed by atoms with van der Waals surface area (Å²) in [5.74, 6) is 0.0243. The molecule has 0 saturated heterocycles. The van der Waals surface area contributed by atoms with Crippen molar-refractivity contribution in [2.45, 2.75) is 45.4 Å². The zero-order chi connectivity index (χ0) is 18.0. The molecule has 0 saturated carbocycles. The van der Waals surface area contributed by atoms with Crippen molar-refractivity contribution >= 4 is 9.84 Å². The third-order valence-electron chi connectivity index (χ3n) is 3.56. The van der Waals surface area contributed by atoms with Gasteiger partial charge in [-0.1, -0.05) is 65.3 Å². The van der Waals surface area contributed by atoms with Crippen LogP contribution in [0.4, 0.5) is 0 Å². The van der Waals surface area contributed by atoms with E-state index in [0.717, 1.165) is 18.4 Å². The van der Waals surface area contributed by atoms with Crippen LogP contribution in [0.2, 0.25) is 0 Å².